The lowest BCUT2D eigenvalue weighted by atomic mass is 9.82. The number of aliphatic hydroxyl groups is 2. The second kappa shape index (κ2) is 13.1. The molecule has 0 saturated heterocycles. The summed E-state index contributed by atoms with van der Waals surface area (Å²) >= 11 is 0. The van der Waals surface area contributed by atoms with Gasteiger partial charge in [0.1, 0.15) is 12.2 Å². The summed E-state index contributed by atoms with van der Waals surface area (Å²) in [5.74, 6) is -0.956. The highest BCUT2D eigenvalue weighted by Gasteiger charge is 2.33. The SMILES string of the molecule is CCC(O)C(OC(=O)/C=C/C(=O)OC(C(O)CC)C1CCCCC1)C1CCCCC1. The highest BCUT2D eigenvalue weighted by molar-refractivity contribution is 5.91. The van der Waals surface area contributed by atoms with Gasteiger partial charge in [0, 0.05) is 12.2 Å². The van der Waals surface area contributed by atoms with E-state index in [0.29, 0.717) is 12.8 Å². The summed E-state index contributed by atoms with van der Waals surface area (Å²) in [6.45, 7) is 3.73. The fraction of sp³-hybridized carbons (Fsp3) is 0.833. The van der Waals surface area contributed by atoms with Crippen LogP contribution < -0.4 is 0 Å². The summed E-state index contributed by atoms with van der Waals surface area (Å²) in [6.07, 6.45) is 11.2. The van der Waals surface area contributed by atoms with Gasteiger partial charge in [-0.15, -0.1) is 0 Å². The zero-order valence-corrected chi connectivity index (χ0v) is 18.6. The molecule has 2 rings (SSSR count). The summed E-state index contributed by atoms with van der Waals surface area (Å²) in [4.78, 5) is 24.6. The molecule has 0 aromatic carbocycles. The van der Waals surface area contributed by atoms with Crippen molar-refractivity contribution in [3.8, 4) is 0 Å². The van der Waals surface area contributed by atoms with Gasteiger partial charge in [-0.2, -0.15) is 0 Å². The lowest BCUT2D eigenvalue weighted by Crippen LogP contribution is -2.38. The van der Waals surface area contributed by atoms with Crippen LogP contribution in [-0.4, -0.2) is 46.6 Å². The smallest absolute Gasteiger partial charge is 0.331 e. The molecular formula is C24H40O6. The highest BCUT2D eigenvalue weighted by Crippen LogP contribution is 2.31. The van der Waals surface area contributed by atoms with Gasteiger partial charge < -0.3 is 19.7 Å². The van der Waals surface area contributed by atoms with Crippen molar-refractivity contribution in [1.82, 2.24) is 0 Å². The molecule has 0 heterocycles. The van der Waals surface area contributed by atoms with E-state index < -0.39 is 36.4 Å². The molecule has 4 atom stereocenters. The predicted octanol–water partition coefficient (Wildman–Crippen LogP) is 4.07. The van der Waals surface area contributed by atoms with Crippen molar-refractivity contribution < 1.29 is 29.3 Å². The van der Waals surface area contributed by atoms with Gasteiger partial charge in [0.25, 0.3) is 0 Å². The number of carbonyl (C=O) groups excluding carboxylic acids is 2. The Morgan fingerprint density at radius 1 is 0.733 bits per heavy atom. The maximum Gasteiger partial charge on any atom is 0.331 e. The van der Waals surface area contributed by atoms with Crippen LogP contribution in [0.15, 0.2) is 12.2 Å². The van der Waals surface area contributed by atoms with Crippen molar-refractivity contribution in [1.29, 1.82) is 0 Å². The average molecular weight is 425 g/mol. The topological polar surface area (TPSA) is 93.1 Å². The Morgan fingerprint density at radius 3 is 1.37 bits per heavy atom. The van der Waals surface area contributed by atoms with E-state index >= 15 is 0 Å². The fourth-order valence-electron chi connectivity index (χ4n) is 4.85. The second-order valence-corrected chi connectivity index (χ2v) is 8.88. The largest absolute Gasteiger partial charge is 0.456 e. The summed E-state index contributed by atoms with van der Waals surface area (Å²) in [5.41, 5.74) is 0. The molecule has 0 aliphatic heterocycles. The van der Waals surface area contributed by atoms with Gasteiger partial charge in [0.2, 0.25) is 0 Å². The predicted molar refractivity (Wildman–Crippen MR) is 115 cm³/mol. The van der Waals surface area contributed by atoms with Crippen LogP contribution in [0.2, 0.25) is 0 Å². The summed E-state index contributed by atoms with van der Waals surface area (Å²) in [5, 5.41) is 20.7. The van der Waals surface area contributed by atoms with E-state index in [2.05, 4.69) is 0 Å². The van der Waals surface area contributed by atoms with E-state index in [1.807, 2.05) is 13.8 Å². The number of hydrogen-bond acceptors (Lipinski definition) is 6. The van der Waals surface area contributed by atoms with Crippen LogP contribution in [-0.2, 0) is 19.1 Å². The Kier molecular flexibility index (Phi) is 10.9. The molecule has 6 heteroatoms. The lowest BCUT2D eigenvalue weighted by Gasteiger charge is -2.32. The van der Waals surface area contributed by atoms with Crippen molar-refractivity contribution in [2.45, 2.75) is 115 Å². The Labute approximate surface area is 181 Å². The molecule has 0 spiro atoms. The number of hydrogen-bond donors (Lipinski definition) is 2. The van der Waals surface area contributed by atoms with Crippen LogP contribution in [0.1, 0.15) is 90.9 Å². The Morgan fingerprint density at radius 2 is 1.07 bits per heavy atom. The lowest BCUT2D eigenvalue weighted by molar-refractivity contribution is -0.157. The van der Waals surface area contributed by atoms with E-state index in [9.17, 15) is 19.8 Å². The Bertz CT molecular complexity index is 500. The third-order valence-corrected chi connectivity index (χ3v) is 6.68. The first-order valence-electron chi connectivity index (χ1n) is 11.9. The second-order valence-electron chi connectivity index (χ2n) is 8.88. The van der Waals surface area contributed by atoms with Crippen molar-refractivity contribution in [3.63, 3.8) is 0 Å². The molecule has 30 heavy (non-hydrogen) atoms. The highest BCUT2D eigenvalue weighted by atomic mass is 16.6. The monoisotopic (exact) mass is 424 g/mol. The minimum absolute atomic E-state index is 0.161. The molecule has 2 aliphatic carbocycles. The quantitative estimate of drug-likeness (QED) is 0.406. The first-order valence-corrected chi connectivity index (χ1v) is 11.9. The van der Waals surface area contributed by atoms with Gasteiger partial charge in [-0.05, 0) is 50.4 Å². The van der Waals surface area contributed by atoms with E-state index in [0.717, 1.165) is 63.5 Å². The number of aliphatic hydroxyl groups excluding tert-OH is 2. The van der Waals surface area contributed by atoms with Crippen LogP contribution in [0.5, 0.6) is 0 Å². The maximum atomic E-state index is 12.3. The van der Waals surface area contributed by atoms with Crippen LogP contribution in [0.3, 0.4) is 0 Å². The summed E-state index contributed by atoms with van der Waals surface area (Å²) in [7, 11) is 0. The zero-order chi connectivity index (χ0) is 21.9. The molecule has 6 nitrogen and oxygen atoms in total. The van der Waals surface area contributed by atoms with E-state index in [4.69, 9.17) is 9.47 Å². The van der Waals surface area contributed by atoms with Crippen LogP contribution in [0, 0.1) is 11.8 Å². The Balaban J connectivity index is 1.92. The molecule has 0 bridgehead atoms. The van der Waals surface area contributed by atoms with Crippen molar-refractivity contribution in [2.24, 2.45) is 11.8 Å². The average Bonchev–Trinajstić information content (AvgIpc) is 2.79. The molecule has 2 saturated carbocycles. The van der Waals surface area contributed by atoms with Crippen molar-refractivity contribution in [3.05, 3.63) is 12.2 Å². The summed E-state index contributed by atoms with van der Waals surface area (Å²) < 4.78 is 11.1. The number of rotatable bonds is 10. The third kappa shape index (κ3) is 7.69. The number of carbonyl (C=O) groups is 2. The normalized spacial score (nSPS) is 22.9. The molecule has 2 N–H and O–H groups in total. The maximum absolute atomic E-state index is 12.3. The van der Waals surface area contributed by atoms with Gasteiger partial charge in [0.15, 0.2) is 0 Å². The Hall–Kier alpha value is -1.40. The number of ether oxygens (including phenoxy) is 2. The summed E-state index contributed by atoms with van der Waals surface area (Å²) in [6, 6.07) is 0. The molecule has 4 unspecified atom stereocenters. The minimum Gasteiger partial charge on any atom is -0.456 e. The van der Waals surface area contributed by atoms with Gasteiger partial charge in [-0.3, -0.25) is 0 Å². The molecule has 0 aromatic heterocycles. The molecule has 0 aromatic rings. The first kappa shape index (κ1) is 24.9. The van der Waals surface area contributed by atoms with Crippen LogP contribution in [0.25, 0.3) is 0 Å². The van der Waals surface area contributed by atoms with E-state index in [1.54, 1.807) is 0 Å². The number of esters is 2. The fourth-order valence-corrected chi connectivity index (χ4v) is 4.85. The van der Waals surface area contributed by atoms with Crippen LogP contribution in [0.4, 0.5) is 0 Å². The molecule has 2 aliphatic rings. The molecule has 0 amide bonds. The van der Waals surface area contributed by atoms with Crippen molar-refractivity contribution >= 4 is 11.9 Å². The molecule has 172 valence electrons. The molecular weight excluding hydrogens is 384 g/mol. The van der Waals surface area contributed by atoms with Gasteiger partial charge in [-0.1, -0.05) is 52.4 Å². The standard InChI is InChI=1S/C24H40O6/c1-3-19(25)23(17-11-7-5-8-12-17)29-21(27)15-16-22(28)30-24(20(26)4-2)18-13-9-6-10-14-18/h15-20,23-26H,3-14H2,1-2H3/b16-15+. The third-order valence-electron chi connectivity index (χ3n) is 6.68. The van der Waals surface area contributed by atoms with Crippen molar-refractivity contribution in [2.75, 3.05) is 0 Å². The van der Waals surface area contributed by atoms with Gasteiger partial charge in [0.05, 0.1) is 12.2 Å². The van der Waals surface area contributed by atoms with Gasteiger partial charge in [-0.25, -0.2) is 9.59 Å². The van der Waals surface area contributed by atoms with Crippen LogP contribution >= 0.6 is 0 Å². The molecule has 0 radical (unpaired) electrons. The first-order chi connectivity index (χ1) is 14.5. The zero-order valence-electron chi connectivity index (χ0n) is 18.6. The van der Waals surface area contributed by atoms with Gasteiger partial charge >= 0.3 is 11.9 Å². The minimum atomic E-state index is -0.701. The van der Waals surface area contributed by atoms with E-state index in [-0.39, 0.29) is 11.8 Å². The molecule has 2 fully saturated rings. The van der Waals surface area contributed by atoms with E-state index in [1.165, 1.54) is 12.8 Å².